The van der Waals surface area contributed by atoms with Crippen LogP contribution in [0.15, 0.2) is 25.8 Å². The van der Waals surface area contributed by atoms with Crippen molar-refractivity contribution in [1.82, 2.24) is 4.98 Å². The predicted octanol–water partition coefficient (Wildman–Crippen LogP) is 2.19. The van der Waals surface area contributed by atoms with E-state index in [2.05, 4.69) is 20.9 Å². The van der Waals surface area contributed by atoms with Crippen LogP contribution in [0.3, 0.4) is 0 Å². The van der Waals surface area contributed by atoms with Gasteiger partial charge in [0.1, 0.15) is 0 Å². The summed E-state index contributed by atoms with van der Waals surface area (Å²) < 4.78 is 5.86. The number of fused-ring (bicyclic) bond motifs is 1. The minimum Gasteiger partial charge on any atom is -0.408 e. The van der Waals surface area contributed by atoms with Gasteiger partial charge in [-0.2, -0.15) is 0 Å². The molecule has 0 aliphatic heterocycles. The van der Waals surface area contributed by atoms with Crippen molar-refractivity contribution in [2.45, 2.75) is 6.92 Å². The number of rotatable bonds is 0. The van der Waals surface area contributed by atoms with Crippen molar-refractivity contribution in [2.75, 3.05) is 0 Å². The third-order valence-corrected chi connectivity index (χ3v) is 2.13. The van der Waals surface area contributed by atoms with E-state index < -0.39 is 5.76 Å². The van der Waals surface area contributed by atoms with E-state index in [-0.39, 0.29) is 0 Å². The standard InChI is InChI=1S/C8H6BrNO2/c1-4-2-5(9)3-6-7(4)12-8(11)10-6/h2-3H,1H3,(H,10,11). The number of hydrogen-bond donors (Lipinski definition) is 1. The largest absolute Gasteiger partial charge is 0.417 e. The van der Waals surface area contributed by atoms with Gasteiger partial charge in [0.05, 0.1) is 5.52 Å². The number of nitrogens with one attached hydrogen (secondary N) is 1. The zero-order valence-corrected chi connectivity index (χ0v) is 7.94. The minimum absolute atomic E-state index is 0.411. The van der Waals surface area contributed by atoms with Gasteiger partial charge in [0.25, 0.3) is 0 Å². The van der Waals surface area contributed by atoms with E-state index >= 15 is 0 Å². The molecule has 0 fully saturated rings. The van der Waals surface area contributed by atoms with Crippen LogP contribution in [-0.4, -0.2) is 4.98 Å². The van der Waals surface area contributed by atoms with Gasteiger partial charge in [-0.15, -0.1) is 0 Å². The monoisotopic (exact) mass is 227 g/mol. The second-order valence-electron chi connectivity index (χ2n) is 2.61. The molecule has 0 aliphatic carbocycles. The molecule has 12 heavy (non-hydrogen) atoms. The van der Waals surface area contributed by atoms with E-state index in [4.69, 9.17) is 4.42 Å². The lowest BCUT2D eigenvalue weighted by molar-refractivity contribution is 0.553. The van der Waals surface area contributed by atoms with Crippen LogP contribution in [0.5, 0.6) is 0 Å². The second kappa shape index (κ2) is 2.48. The Bertz CT molecular complexity index is 483. The Kier molecular flexibility index (Phi) is 1.58. The number of halogens is 1. The number of aromatic nitrogens is 1. The maximum absolute atomic E-state index is 10.8. The zero-order chi connectivity index (χ0) is 8.72. The lowest BCUT2D eigenvalue weighted by Gasteiger charge is -1.93. The van der Waals surface area contributed by atoms with Crippen molar-refractivity contribution in [2.24, 2.45) is 0 Å². The number of benzene rings is 1. The average molecular weight is 228 g/mol. The van der Waals surface area contributed by atoms with Crippen molar-refractivity contribution in [3.05, 3.63) is 32.7 Å². The van der Waals surface area contributed by atoms with Crippen LogP contribution in [-0.2, 0) is 0 Å². The Balaban J connectivity index is 2.97. The van der Waals surface area contributed by atoms with Crippen molar-refractivity contribution in [3.8, 4) is 0 Å². The predicted molar refractivity (Wildman–Crippen MR) is 49.3 cm³/mol. The fourth-order valence-electron chi connectivity index (χ4n) is 1.19. The summed E-state index contributed by atoms with van der Waals surface area (Å²) in [4.78, 5) is 13.4. The minimum atomic E-state index is -0.411. The van der Waals surface area contributed by atoms with Crippen molar-refractivity contribution in [3.63, 3.8) is 0 Å². The number of H-pyrrole nitrogens is 1. The van der Waals surface area contributed by atoms with Gasteiger partial charge in [0.2, 0.25) is 0 Å². The highest BCUT2D eigenvalue weighted by molar-refractivity contribution is 9.10. The fourth-order valence-corrected chi connectivity index (χ4v) is 1.76. The molecule has 1 heterocycles. The summed E-state index contributed by atoms with van der Waals surface area (Å²) in [5.41, 5.74) is 2.30. The molecule has 1 aromatic carbocycles. The van der Waals surface area contributed by atoms with Crippen LogP contribution in [0, 0.1) is 6.92 Å². The molecule has 0 unspecified atom stereocenters. The molecule has 0 saturated carbocycles. The number of aryl methyl sites for hydroxylation is 1. The lowest BCUT2D eigenvalue weighted by Crippen LogP contribution is -1.92. The van der Waals surface area contributed by atoms with E-state index in [0.717, 1.165) is 15.6 Å². The van der Waals surface area contributed by atoms with Crippen molar-refractivity contribution >= 4 is 27.0 Å². The highest BCUT2D eigenvalue weighted by Crippen LogP contribution is 2.20. The molecule has 1 N–H and O–H groups in total. The summed E-state index contributed by atoms with van der Waals surface area (Å²) in [6.45, 7) is 1.89. The van der Waals surface area contributed by atoms with Crippen LogP contribution in [0.2, 0.25) is 0 Å². The van der Waals surface area contributed by atoms with Gasteiger partial charge in [-0.25, -0.2) is 4.79 Å². The average Bonchev–Trinajstić information content (AvgIpc) is 2.29. The first-order chi connectivity index (χ1) is 5.66. The molecule has 1 aromatic heterocycles. The van der Waals surface area contributed by atoms with Gasteiger partial charge in [-0.1, -0.05) is 15.9 Å². The van der Waals surface area contributed by atoms with Crippen molar-refractivity contribution < 1.29 is 4.42 Å². The maximum atomic E-state index is 10.8. The molecule has 0 saturated heterocycles. The molecule has 4 heteroatoms. The molecular weight excluding hydrogens is 222 g/mol. The Morgan fingerprint density at radius 3 is 3.00 bits per heavy atom. The SMILES string of the molecule is Cc1cc(Br)cc2[nH]c(=O)oc12. The molecule has 0 atom stereocenters. The summed E-state index contributed by atoms with van der Waals surface area (Å²) >= 11 is 3.33. The van der Waals surface area contributed by atoms with E-state index in [9.17, 15) is 4.79 Å². The van der Waals surface area contributed by atoms with Gasteiger partial charge in [-0.3, -0.25) is 4.98 Å². The molecule has 0 spiro atoms. The van der Waals surface area contributed by atoms with Crippen molar-refractivity contribution in [1.29, 1.82) is 0 Å². The molecule has 2 rings (SSSR count). The van der Waals surface area contributed by atoms with Crippen LogP contribution in [0.25, 0.3) is 11.1 Å². The highest BCUT2D eigenvalue weighted by atomic mass is 79.9. The summed E-state index contributed by atoms with van der Waals surface area (Å²) in [5.74, 6) is -0.411. The Morgan fingerprint density at radius 2 is 2.25 bits per heavy atom. The molecule has 0 amide bonds. The number of oxazole rings is 1. The van der Waals surface area contributed by atoms with E-state index in [1.807, 2.05) is 19.1 Å². The third kappa shape index (κ3) is 1.08. The molecule has 0 aliphatic rings. The van der Waals surface area contributed by atoms with Crippen LogP contribution < -0.4 is 5.76 Å². The highest BCUT2D eigenvalue weighted by Gasteiger charge is 2.04. The van der Waals surface area contributed by atoms with Gasteiger partial charge < -0.3 is 4.42 Å². The first-order valence-corrected chi connectivity index (χ1v) is 4.25. The van der Waals surface area contributed by atoms with E-state index in [0.29, 0.717) is 5.58 Å². The first kappa shape index (κ1) is 7.61. The van der Waals surface area contributed by atoms with Gasteiger partial charge in [0, 0.05) is 4.47 Å². The molecule has 0 radical (unpaired) electrons. The first-order valence-electron chi connectivity index (χ1n) is 3.46. The van der Waals surface area contributed by atoms with E-state index in [1.54, 1.807) is 0 Å². The van der Waals surface area contributed by atoms with Gasteiger partial charge >= 0.3 is 5.76 Å². The Labute approximate surface area is 76.5 Å². The second-order valence-corrected chi connectivity index (χ2v) is 3.53. The maximum Gasteiger partial charge on any atom is 0.417 e. The molecular formula is C8H6BrNO2. The van der Waals surface area contributed by atoms with Gasteiger partial charge in [-0.05, 0) is 24.6 Å². The number of aromatic amines is 1. The van der Waals surface area contributed by atoms with E-state index in [1.165, 1.54) is 0 Å². The summed E-state index contributed by atoms with van der Waals surface area (Å²) in [6.07, 6.45) is 0. The normalized spacial score (nSPS) is 10.8. The third-order valence-electron chi connectivity index (χ3n) is 1.67. The Hall–Kier alpha value is -1.03. The summed E-state index contributed by atoms with van der Waals surface area (Å²) in [5, 5.41) is 0. The van der Waals surface area contributed by atoms with Crippen LogP contribution in [0.4, 0.5) is 0 Å². The molecule has 0 bridgehead atoms. The lowest BCUT2D eigenvalue weighted by atomic mass is 10.2. The summed E-state index contributed by atoms with van der Waals surface area (Å²) in [7, 11) is 0. The smallest absolute Gasteiger partial charge is 0.408 e. The van der Waals surface area contributed by atoms with Gasteiger partial charge in [0.15, 0.2) is 5.58 Å². The quantitative estimate of drug-likeness (QED) is 0.751. The molecule has 62 valence electrons. The zero-order valence-electron chi connectivity index (χ0n) is 6.35. The molecule has 3 nitrogen and oxygen atoms in total. The van der Waals surface area contributed by atoms with Crippen LogP contribution in [0.1, 0.15) is 5.56 Å². The topological polar surface area (TPSA) is 46.0 Å². The Morgan fingerprint density at radius 1 is 1.50 bits per heavy atom. The fraction of sp³-hybridized carbons (Fsp3) is 0.125. The summed E-state index contributed by atoms with van der Waals surface area (Å²) in [6, 6.07) is 3.71. The molecule has 2 aromatic rings. The van der Waals surface area contributed by atoms with Crippen LogP contribution >= 0.6 is 15.9 Å². The number of hydrogen-bond acceptors (Lipinski definition) is 2.